The number of carbonyl (C=O) groups is 1. The highest BCUT2D eigenvalue weighted by atomic mass is 19.1. The molecule has 9 heteroatoms. The molecule has 50 heavy (non-hydrogen) atoms. The Bertz CT molecular complexity index is 1850. The van der Waals surface area contributed by atoms with E-state index in [-0.39, 0.29) is 17.5 Å². The van der Waals surface area contributed by atoms with Crippen LogP contribution in [0.2, 0.25) is 0 Å². The van der Waals surface area contributed by atoms with Gasteiger partial charge in [0.05, 0.1) is 36.7 Å². The predicted molar refractivity (Wildman–Crippen MR) is 197 cm³/mol. The monoisotopic (exact) mass is 683 g/mol. The van der Waals surface area contributed by atoms with Crippen molar-refractivity contribution in [2.24, 2.45) is 0 Å². The van der Waals surface area contributed by atoms with Crippen molar-refractivity contribution >= 4 is 17.4 Å². The lowest BCUT2D eigenvalue weighted by atomic mass is 9.92. The minimum absolute atomic E-state index is 0.207. The van der Waals surface area contributed by atoms with Crippen LogP contribution in [-0.4, -0.2) is 59.5 Å². The molecule has 0 bridgehead atoms. The van der Waals surface area contributed by atoms with Gasteiger partial charge in [0.15, 0.2) is 17.7 Å². The van der Waals surface area contributed by atoms with Gasteiger partial charge < -0.3 is 23.8 Å². The smallest absolute Gasteiger partial charge is 0.339 e. The molecule has 0 aliphatic carbocycles. The highest BCUT2D eigenvalue weighted by Crippen LogP contribution is 2.40. The Morgan fingerprint density at radius 1 is 1.08 bits per heavy atom. The average molecular weight is 684 g/mol. The Kier molecular flexibility index (Phi) is 11.2. The molecule has 5 rings (SSSR count). The predicted octanol–water partition coefficient (Wildman–Crippen LogP) is 9.05. The number of para-hydroxylation sites is 1. The van der Waals surface area contributed by atoms with Gasteiger partial charge in [-0.05, 0) is 83.7 Å². The SMILES string of the molecule is C=CCOC1(C)CCN(c2c([C@H](OC(C)(C)C)C(=O)OC)c(C)cc3nc(-c4cccc(-c5cccc(F)c5O[C@@H](C)CC=C)c4)cn23)CC1. The van der Waals surface area contributed by atoms with Gasteiger partial charge in [0, 0.05) is 42.4 Å². The summed E-state index contributed by atoms with van der Waals surface area (Å²) < 4.78 is 41.2. The molecule has 2 atom stereocenters. The lowest BCUT2D eigenvalue weighted by molar-refractivity contribution is -0.164. The van der Waals surface area contributed by atoms with E-state index < -0.39 is 23.5 Å². The summed E-state index contributed by atoms with van der Waals surface area (Å²) in [7, 11) is 1.38. The maximum Gasteiger partial charge on any atom is 0.339 e. The largest absolute Gasteiger partial charge is 0.487 e. The van der Waals surface area contributed by atoms with E-state index in [9.17, 15) is 4.79 Å². The summed E-state index contributed by atoms with van der Waals surface area (Å²) in [5, 5.41) is 0. The molecule has 1 fully saturated rings. The van der Waals surface area contributed by atoms with E-state index >= 15 is 4.39 Å². The molecule has 2 aromatic carbocycles. The standard InChI is InChI=1S/C41H50FN3O5/c1-10-14-28(4)49-36-31(17-13-18-32(36)42)29-15-12-16-30(25-29)33-26-45-34(43-33)24-27(3)35(37(39(46)47-9)50-40(5,6)7)38(45)44-21-19-41(8,20-22-44)48-23-11-2/h10-13,15-18,24-26,28,37H,1-2,14,19-23H2,3-9H3/t28-,37-/m0/s1. The van der Waals surface area contributed by atoms with E-state index in [0.717, 1.165) is 52.3 Å². The number of rotatable bonds is 13. The number of hydrogen-bond donors (Lipinski definition) is 0. The van der Waals surface area contributed by atoms with Gasteiger partial charge in [0.2, 0.25) is 0 Å². The molecule has 0 spiro atoms. The maximum atomic E-state index is 15.1. The van der Waals surface area contributed by atoms with Crippen molar-refractivity contribution in [3.63, 3.8) is 0 Å². The van der Waals surface area contributed by atoms with Crippen LogP contribution < -0.4 is 9.64 Å². The van der Waals surface area contributed by atoms with Crippen LogP contribution in [-0.2, 0) is 19.0 Å². The summed E-state index contributed by atoms with van der Waals surface area (Å²) in [6, 6.07) is 14.8. The maximum absolute atomic E-state index is 15.1. The molecule has 266 valence electrons. The fourth-order valence-electron chi connectivity index (χ4n) is 6.50. The van der Waals surface area contributed by atoms with Gasteiger partial charge in [-0.25, -0.2) is 14.2 Å². The third-order valence-corrected chi connectivity index (χ3v) is 9.05. The third kappa shape index (κ3) is 8.11. The zero-order valence-electron chi connectivity index (χ0n) is 30.4. The molecular formula is C41H50FN3O5. The lowest BCUT2D eigenvalue weighted by Crippen LogP contribution is -2.45. The second-order valence-electron chi connectivity index (χ2n) is 14.2. The molecular weight excluding hydrogens is 633 g/mol. The first-order valence-corrected chi connectivity index (χ1v) is 17.2. The molecule has 1 aliphatic rings. The number of aryl methyl sites for hydroxylation is 1. The molecule has 1 aliphatic heterocycles. The zero-order chi connectivity index (χ0) is 36.2. The molecule has 0 saturated carbocycles. The second-order valence-corrected chi connectivity index (χ2v) is 14.2. The number of piperidine rings is 1. The van der Waals surface area contributed by atoms with Crippen molar-refractivity contribution in [3.8, 4) is 28.1 Å². The van der Waals surface area contributed by atoms with Crippen molar-refractivity contribution in [3.05, 3.63) is 97.0 Å². The Morgan fingerprint density at radius 3 is 2.44 bits per heavy atom. The van der Waals surface area contributed by atoms with E-state index in [4.69, 9.17) is 23.9 Å². The van der Waals surface area contributed by atoms with Crippen LogP contribution in [0.15, 0.2) is 80.0 Å². The summed E-state index contributed by atoms with van der Waals surface area (Å²) in [5.41, 5.74) is 4.45. The number of hydrogen-bond acceptors (Lipinski definition) is 7. The number of methoxy groups -OCH3 is 1. The first-order chi connectivity index (χ1) is 23.8. The number of pyridine rings is 1. The highest BCUT2D eigenvalue weighted by Gasteiger charge is 2.37. The Labute approximate surface area is 295 Å². The molecule has 8 nitrogen and oxygen atoms in total. The third-order valence-electron chi connectivity index (χ3n) is 9.05. The Balaban J connectivity index is 1.64. The van der Waals surface area contributed by atoms with Gasteiger partial charge in [-0.1, -0.05) is 42.5 Å². The number of fused-ring (bicyclic) bond motifs is 1. The molecule has 0 radical (unpaired) electrons. The number of imidazole rings is 1. The molecule has 0 unspecified atom stereocenters. The first kappa shape index (κ1) is 36.8. The second kappa shape index (κ2) is 15.2. The van der Waals surface area contributed by atoms with Gasteiger partial charge in [-0.2, -0.15) is 0 Å². The van der Waals surface area contributed by atoms with Crippen molar-refractivity contribution in [1.29, 1.82) is 0 Å². The molecule has 0 amide bonds. The van der Waals surface area contributed by atoms with E-state index in [1.807, 2.05) is 81.6 Å². The van der Waals surface area contributed by atoms with E-state index in [1.165, 1.54) is 13.2 Å². The number of anilines is 1. The summed E-state index contributed by atoms with van der Waals surface area (Å²) >= 11 is 0. The molecule has 3 heterocycles. The first-order valence-electron chi connectivity index (χ1n) is 17.2. The number of ether oxygens (including phenoxy) is 4. The number of halogens is 1. The fourth-order valence-corrected chi connectivity index (χ4v) is 6.50. The number of nitrogens with zero attached hydrogens (tertiary/aromatic N) is 3. The topological polar surface area (TPSA) is 74.5 Å². The summed E-state index contributed by atoms with van der Waals surface area (Å²) in [6.45, 7) is 21.3. The van der Waals surface area contributed by atoms with Gasteiger partial charge in [-0.3, -0.25) is 4.40 Å². The van der Waals surface area contributed by atoms with Gasteiger partial charge in [-0.15, -0.1) is 13.2 Å². The summed E-state index contributed by atoms with van der Waals surface area (Å²) in [4.78, 5) is 20.8. The van der Waals surface area contributed by atoms with Crippen LogP contribution in [0, 0.1) is 12.7 Å². The average Bonchev–Trinajstić information content (AvgIpc) is 3.50. The van der Waals surface area contributed by atoms with E-state index in [1.54, 1.807) is 18.2 Å². The number of esters is 1. The minimum Gasteiger partial charge on any atom is -0.487 e. The van der Waals surface area contributed by atoms with Crippen molar-refractivity contribution < 1.29 is 28.1 Å². The fraction of sp³-hybridized carbons (Fsp3) is 0.415. The Morgan fingerprint density at radius 2 is 1.78 bits per heavy atom. The van der Waals surface area contributed by atoms with E-state index in [0.29, 0.717) is 31.7 Å². The minimum atomic E-state index is -0.964. The van der Waals surface area contributed by atoms with Gasteiger partial charge >= 0.3 is 5.97 Å². The normalized spacial score (nSPS) is 15.8. The van der Waals surface area contributed by atoms with Crippen LogP contribution >= 0.6 is 0 Å². The molecule has 1 saturated heterocycles. The summed E-state index contributed by atoms with van der Waals surface area (Å²) in [6.07, 6.45) is 6.49. The quantitative estimate of drug-likeness (QED) is 0.103. The summed E-state index contributed by atoms with van der Waals surface area (Å²) in [5.74, 6) is 0.147. The number of benzene rings is 2. The van der Waals surface area contributed by atoms with Crippen molar-refractivity contribution in [2.45, 2.75) is 84.2 Å². The van der Waals surface area contributed by atoms with E-state index in [2.05, 4.69) is 25.0 Å². The lowest BCUT2D eigenvalue weighted by Gasteiger charge is -2.41. The van der Waals surface area contributed by atoms with Gasteiger partial charge in [0.1, 0.15) is 11.5 Å². The van der Waals surface area contributed by atoms with Crippen molar-refractivity contribution in [1.82, 2.24) is 9.38 Å². The number of carbonyl (C=O) groups excluding carboxylic acids is 1. The Hall–Kier alpha value is -4.47. The highest BCUT2D eigenvalue weighted by molar-refractivity contribution is 5.81. The van der Waals surface area contributed by atoms with Crippen LogP contribution in [0.25, 0.3) is 28.0 Å². The van der Waals surface area contributed by atoms with Gasteiger partial charge in [0.25, 0.3) is 0 Å². The van der Waals surface area contributed by atoms with Crippen LogP contribution in [0.1, 0.15) is 71.1 Å². The van der Waals surface area contributed by atoms with Crippen LogP contribution in [0.3, 0.4) is 0 Å². The molecule has 4 aromatic rings. The van der Waals surface area contributed by atoms with Crippen molar-refractivity contribution in [2.75, 3.05) is 31.7 Å². The number of aromatic nitrogens is 2. The molecule has 0 N–H and O–H groups in total. The zero-order valence-corrected chi connectivity index (χ0v) is 30.4. The van der Waals surface area contributed by atoms with Crippen LogP contribution in [0.5, 0.6) is 5.75 Å². The molecule has 2 aromatic heterocycles. The van der Waals surface area contributed by atoms with Crippen LogP contribution in [0.4, 0.5) is 10.2 Å².